The maximum Gasteiger partial charge on any atom is 0.416 e. The normalized spacial score (nSPS) is 18.5. The Morgan fingerprint density at radius 1 is 0.889 bits per heavy atom. The van der Waals surface area contributed by atoms with Gasteiger partial charge < -0.3 is 9.09 Å². The first-order chi connectivity index (χ1) is 21.5. The van der Waals surface area contributed by atoms with E-state index in [2.05, 4.69) is 20.6 Å². The summed E-state index contributed by atoms with van der Waals surface area (Å²) in [5.74, 6) is 1.06. The molecule has 1 unspecified atom stereocenters. The van der Waals surface area contributed by atoms with Crippen molar-refractivity contribution < 1.29 is 17.7 Å². The van der Waals surface area contributed by atoms with Crippen LogP contribution >= 0.6 is 22.3 Å². The Balaban J connectivity index is 1.49. The summed E-state index contributed by atoms with van der Waals surface area (Å²) in [4.78, 5) is 5.07. The van der Waals surface area contributed by atoms with Crippen LogP contribution in [0.2, 0.25) is 0 Å². The lowest BCUT2D eigenvalue weighted by atomic mass is 10.1. The summed E-state index contributed by atoms with van der Waals surface area (Å²) in [5, 5.41) is 5.93. The summed E-state index contributed by atoms with van der Waals surface area (Å²) >= 11 is 10.1. The van der Waals surface area contributed by atoms with Crippen molar-refractivity contribution in [3.05, 3.63) is 112 Å². The largest absolute Gasteiger partial charge is 0.431 e. The number of halogens is 4. The number of nitrogens with zero attached hydrogens (tertiary/aromatic N) is 5. The molecule has 0 bridgehead atoms. The molecule has 1 fully saturated rings. The van der Waals surface area contributed by atoms with Crippen LogP contribution in [0, 0.1) is 13.8 Å². The molecule has 0 radical (unpaired) electrons. The van der Waals surface area contributed by atoms with Crippen molar-refractivity contribution in [3.63, 3.8) is 0 Å². The van der Waals surface area contributed by atoms with Crippen LogP contribution in [-0.2, 0) is 22.5 Å². The van der Waals surface area contributed by atoms with E-state index in [-0.39, 0.29) is 0 Å². The van der Waals surface area contributed by atoms with Crippen molar-refractivity contribution in [1.82, 2.24) is 19.0 Å². The molecule has 1 saturated heterocycles. The van der Waals surface area contributed by atoms with E-state index in [1.54, 1.807) is 6.07 Å². The highest BCUT2D eigenvalue weighted by Crippen LogP contribution is 2.59. The van der Waals surface area contributed by atoms with Gasteiger partial charge in [0, 0.05) is 45.8 Å². The summed E-state index contributed by atoms with van der Waals surface area (Å²) in [6, 6.07) is 24.9. The number of hydrogen-bond donors (Lipinski definition) is 0. The zero-order chi connectivity index (χ0) is 31.5. The van der Waals surface area contributed by atoms with Gasteiger partial charge in [-0.1, -0.05) is 40.2 Å². The predicted molar refractivity (Wildman–Crippen MR) is 179 cm³/mol. The molecule has 0 saturated carbocycles. The highest BCUT2D eigenvalue weighted by atomic mass is 79.9. The first-order valence-corrected chi connectivity index (χ1v) is 18.0. The quantitative estimate of drug-likeness (QED) is 0.171. The number of hydrogen-bond acceptors (Lipinski definition) is 4. The third kappa shape index (κ3) is 5.29. The molecule has 2 aliphatic heterocycles. The lowest BCUT2D eigenvalue weighted by Crippen LogP contribution is -2.30. The van der Waals surface area contributed by atoms with Gasteiger partial charge in [0.25, 0.3) is 0 Å². The van der Waals surface area contributed by atoms with Crippen molar-refractivity contribution in [2.45, 2.75) is 32.9 Å². The second-order valence-electron chi connectivity index (χ2n) is 11.1. The van der Waals surface area contributed by atoms with Gasteiger partial charge in [-0.15, -0.1) is 0 Å². The fourth-order valence-electron chi connectivity index (χ4n) is 6.07. The first kappa shape index (κ1) is 30.2. The van der Waals surface area contributed by atoms with Gasteiger partial charge in [-0.05, 0) is 99.2 Å². The fraction of sp³-hybridized carbons (Fsp3) is 0.212. The Hall–Kier alpha value is -3.50. The molecule has 0 N–H and O–H groups in total. The molecule has 6 nitrogen and oxygen atoms in total. The lowest BCUT2D eigenvalue weighted by Gasteiger charge is -2.34. The summed E-state index contributed by atoms with van der Waals surface area (Å²) in [5.41, 5.74) is 4.27. The van der Waals surface area contributed by atoms with Crippen LogP contribution in [0.5, 0.6) is 0 Å². The molecule has 230 valence electrons. The number of aryl methyl sites for hydroxylation is 1. The van der Waals surface area contributed by atoms with E-state index in [0.717, 1.165) is 70.0 Å². The number of rotatable bonds is 5. The van der Waals surface area contributed by atoms with Crippen molar-refractivity contribution in [2.24, 2.45) is 4.99 Å². The highest BCUT2D eigenvalue weighted by Gasteiger charge is 2.44. The Labute approximate surface area is 272 Å². The van der Waals surface area contributed by atoms with Crippen LogP contribution in [-0.4, -0.2) is 38.0 Å². The molecule has 0 aliphatic carbocycles. The zero-order valence-electron chi connectivity index (χ0n) is 24.4. The fourth-order valence-corrected chi connectivity index (χ4v) is 10.0. The van der Waals surface area contributed by atoms with Crippen LogP contribution in [0.1, 0.15) is 35.4 Å². The number of alkyl halides is 3. The van der Waals surface area contributed by atoms with Gasteiger partial charge in [0.05, 0.1) is 11.3 Å². The van der Waals surface area contributed by atoms with Crippen LogP contribution in [0.4, 0.5) is 19.0 Å². The Bertz CT molecular complexity index is 2000. The molecule has 3 aromatic carbocycles. The van der Waals surface area contributed by atoms with Crippen molar-refractivity contribution >= 4 is 51.2 Å². The standard InChI is InChI=1S/C33H28BrF3N5OPS/c1-21-19-28(22(2)41(21)27-12-8-9-24(20-27)33(35,36)37)29-30-31(42(39-29)26-10-4-3-5-11-26)38-32(23-13-15-25(34)16-14-23)43-44(30,45)40-17-6-7-18-40/h3-5,8-16,19-20H,6-7,17-18H2,1-2H3. The van der Waals surface area contributed by atoms with E-state index >= 15 is 0 Å². The number of aliphatic imine (C=N–C) groups is 1. The SMILES string of the molecule is Cc1cc(-c2nn(-c3ccccc3)c3c2P(=S)(N2CCCC2)OC(c2ccc(Br)cc2)=N3)c(C)n1-c1cccc(C(F)(F)F)c1. The molecule has 5 aromatic rings. The minimum atomic E-state index is -4.45. The average molecular weight is 711 g/mol. The second-order valence-corrected chi connectivity index (χ2v) is 15.8. The van der Waals surface area contributed by atoms with Crippen LogP contribution < -0.4 is 5.30 Å². The van der Waals surface area contributed by atoms with Gasteiger partial charge >= 0.3 is 6.18 Å². The molecule has 12 heteroatoms. The number of benzene rings is 3. The Kier molecular flexibility index (Phi) is 7.63. The summed E-state index contributed by atoms with van der Waals surface area (Å²) < 4.78 is 54.6. The average Bonchev–Trinajstić information content (AvgIpc) is 3.76. The van der Waals surface area contributed by atoms with E-state index in [0.29, 0.717) is 23.1 Å². The zero-order valence-corrected chi connectivity index (χ0v) is 27.7. The summed E-state index contributed by atoms with van der Waals surface area (Å²) in [7, 11) is 0. The molecule has 0 amide bonds. The highest BCUT2D eigenvalue weighted by molar-refractivity contribution is 9.10. The van der Waals surface area contributed by atoms with Gasteiger partial charge in [-0.2, -0.15) is 23.3 Å². The maximum absolute atomic E-state index is 13.7. The second kappa shape index (κ2) is 11.4. The van der Waals surface area contributed by atoms with Crippen LogP contribution in [0.25, 0.3) is 22.6 Å². The van der Waals surface area contributed by atoms with E-state index in [1.165, 1.54) is 12.1 Å². The first-order valence-electron chi connectivity index (χ1n) is 14.5. The van der Waals surface area contributed by atoms with Crippen molar-refractivity contribution in [2.75, 3.05) is 13.1 Å². The molecule has 1 atom stereocenters. The smallest absolute Gasteiger partial charge is 0.416 e. The van der Waals surface area contributed by atoms with Crippen molar-refractivity contribution in [1.29, 1.82) is 0 Å². The monoisotopic (exact) mass is 709 g/mol. The molecule has 4 heterocycles. The minimum Gasteiger partial charge on any atom is -0.431 e. The van der Waals surface area contributed by atoms with Crippen molar-refractivity contribution in [3.8, 4) is 22.6 Å². The predicted octanol–water partition coefficient (Wildman–Crippen LogP) is 8.87. The summed E-state index contributed by atoms with van der Waals surface area (Å²) in [6.07, 6.45) is -5.37. The van der Waals surface area contributed by atoms with Gasteiger partial charge in [0.15, 0.2) is 5.82 Å². The van der Waals surface area contributed by atoms with Gasteiger partial charge in [-0.3, -0.25) is 0 Å². The number of aromatic nitrogens is 3. The summed E-state index contributed by atoms with van der Waals surface area (Å²) in [6.45, 7) is 5.37. The molecule has 2 aromatic heterocycles. The third-order valence-electron chi connectivity index (χ3n) is 8.20. The topological polar surface area (TPSA) is 47.6 Å². The van der Waals surface area contributed by atoms with Gasteiger partial charge in [0.2, 0.25) is 12.3 Å². The molecule has 2 aliphatic rings. The van der Waals surface area contributed by atoms with Crippen LogP contribution in [0.3, 0.4) is 0 Å². The van der Waals surface area contributed by atoms with E-state index in [1.807, 2.05) is 83.8 Å². The van der Waals surface area contributed by atoms with Gasteiger partial charge in [-0.25, -0.2) is 9.35 Å². The Morgan fingerprint density at radius 3 is 2.27 bits per heavy atom. The Morgan fingerprint density at radius 2 is 1.58 bits per heavy atom. The van der Waals surface area contributed by atoms with E-state index < -0.39 is 18.2 Å². The maximum atomic E-state index is 13.7. The van der Waals surface area contributed by atoms with E-state index in [9.17, 15) is 13.2 Å². The molecule has 45 heavy (non-hydrogen) atoms. The number of fused-ring (bicyclic) bond motifs is 1. The molecular weight excluding hydrogens is 682 g/mol. The van der Waals surface area contributed by atoms with Crippen LogP contribution in [0.15, 0.2) is 94.4 Å². The number of para-hydroxylation sites is 1. The minimum absolute atomic E-state index is 0.424. The molecule has 7 rings (SSSR count). The molecular formula is C33H28BrF3N5OPS. The van der Waals surface area contributed by atoms with E-state index in [4.69, 9.17) is 26.4 Å². The molecule has 0 spiro atoms. The van der Waals surface area contributed by atoms with Gasteiger partial charge in [0.1, 0.15) is 11.0 Å². The lowest BCUT2D eigenvalue weighted by molar-refractivity contribution is -0.137. The third-order valence-corrected chi connectivity index (χ3v) is 12.7.